The average Bonchev–Trinajstić information content (AvgIpc) is 3.00. The van der Waals surface area contributed by atoms with Gasteiger partial charge in [-0.2, -0.15) is 0 Å². The predicted molar refractivity (Wildman–Crippen MR) is 165 cm³/mol. The van der Waals surface area contributed by atoms with E-state index < -0.39 is 0 Å². The van der Waals surface area contributed by atoms with Gasteiger partial charge in [-0.15, -0.1) is 0 Å². The van der Waals surface area contributed by atoms with Gasteiger partial charge in [0.15, 0.2) is 5.82 Å². The third-order valence-corrected chi connectivity index (χ3v) is 9.68. The smallest absolute Gasteiger partial charge is 0.314 e. The Hall–Kier alpha value is -2.23. The van der Waals surface area contributed by atoms with E-state index in [0.29, 0.717) is 11.7 Å². The van der Waals surface area contributed by atoms with Crippen molar-refractivity contribution in [2.45, 2.75) is 142 Å². The van der Waals surface area contributed by atoms with Crippen LogP contribution in [0.3, 0.4) is 0 Å². The quantitative estimate of drug-likeness (QED) is 0.127. The lowest BCUT2D eigenvalue weighted by atomic mass is 9.77. The summed E-state index contributed by atoms with van der Waals surface area (Å²) in [6.45, 7) is 4.54. The first-order valence-electron chi connectivity index (χ1n) is 16.8. The molecule has 4 rings (SSSR count). The van der Waals surface area contributed by atoms with E-state index in [1.54, 1.807) is 0 Å². The van der Waals surface area contributed by atoms with Gasteiger partial charge in [0.25, 0.3) is 0 Å². The number of hydrogen-bond donors (Lipinski definition) is 0. The van der Waals surface area contributed by atoms with E-state index >= 15 is 0 Å². The summed E-state index contributed by atoms with van der Waals surface area (Å²) in [6.07, 6.45) is 28.6. The number of aromatic nitrogens is 2. The van der Waals surface area contributed by atoms with Gasteiger partial charge < -0.3 is 4.74 Å². The van der Waals surface area contributed by atoms with E-state index in [4.69, 9.17) is 14.7 Å². The van der Waals surface area contributed by atoms with Crippen LogP contribution in [0.25, 0.3) is 11.4 Å². The second-order valence-corrected chi connectivity index (χ2v) is 12.8. The Morgan fingerprint density at radius 2 is 1.23 bits per heavy atom. The van der Waals surface area contributed by atoms with Crippen LogP contribution in [0.15, 0.2) is 36.7 Å². The maximum Gasteiger partial charge on any atom is 0.314 e. The minimum absolute atomic E-state index is 0.0450. The van der Waals surface area contributed by atoms with E-state index in [1.165, 1.54) is 102 Å². The summed E-state index contributed by atoms with van der Waals surface area (Å²) >= 11 is 0. The highest BCUT2D eigenvalue weighted by Crippen LogP contribution is 2.38. The second-order valence-electron chi connectivity index (χ2n) is 12.8. The number of benzene rings is 1. The van der Waals surface area contributed by atoms with E-state index in [1.807, 2.05) is 36.7 Å². The SMILES string of the molecule is CCCCCCCC[C@H]1CC[C@H](c2cnc(-c3ccc(OC(=O)C4CCC(CCCCC)CC4)cc3)nc2)CC1. The van der Waals surface area contributed by atoms with Gasteiger partial charge in [0.05, 0.1) is 5.92 Å². The molecule has 4 nitrogen and oxygen atoms in total. The molecule has 1 aromatic heterocycles. The lowest BCUT2D eigenvalue weighted by Gasteiger charge is -2.28. The first kappa shape index (κ1) is 30.7. The Kier molecular flexibility index (Phi) is 13.0. The van der Waals surface area contributed by atoms with Crippen molar-refractivity contribution in [2.24, 2.45) is 17.8 Å². The number of unbranched alkanes of at least 4 members (excludes halogenated alkanes) is 7. The lowest BCUT2D eigenvalue weighted by Crippen LogP contribution is -2.25. The Morgan fingerprint density at radius 3 is 1.85 bits per heavy atom. The van der Waals surface area contributed by atoms with Gasteiger partial charge in [-0.05, 0) is 98.9 Å². The fourth-order valence-electron chi connectivity index (χ4n) is 6.94. The molecule has 0 atom stereocenters. The molecule has 0 N–H and O–H groups in total. The zero-order valence-corrected chi connectivity index (χ0v) is 25.4. The molecule has 2 saturated carbocycles. The molecule has 2 fully saturated rings. The molecule has 0 saturated heterocycles. The van der Waals surface area contributed by atoms with Crippen molar-refractivity contribution in [1.82, 2.24) is 9.97 Å². The molecule has 0 unspecified atom stereocenters. The Bertz CT molecular complexity index is 971. The molecule has 40 heavy (non-hydrogen) atoms. The van der Waals surface area contributed by atoms with E-state index in [0.717, 1.165) is 48.9 Å². The van der Waals surface area contributed by atoms with Crippen LogP contribution in [0.1, 0.15) is 147 Å². The number of carbonyl (C=O) groups is 1. The highest BCUT2D eigenvalue weighted by Gasteiger charge is 2.27. The maximum absolute atomic E-state index is 12.8. The molecule has 0 amide bonds. The summed E-state index contributed by atoms with van der Waals surface area (Å²) in [5, 5.41) is 0. The maximum atomic E-state index is 12.8. The monoisotopic (exact) mass is 546 g/mol. The predicted octanol–water partition coefficient (Wildman–Crippen LogP) is 10.5. The summed E-state index contributed by atoms with van der Waals surface area (Å²) in [5.74, 6) is 3.65. The molecule has 0 aliphatic heterocycles. The number of hydrogen-bond acceptors (Lipinski definition) is 4. The normalized spacial score (nSPS) is 23.1. The largest absolute Gasteiger partial charge is 0.426 e. The van der Waals surface area contributed by atoms with Crippen molar-refractivity contribution in [3.05, 3.63) is 42.2 Å². The first-order chi connectivity index (χ1) is 19.7. The molecule has 2 aromatic rings. The van der Waals surface area contributed by atoms with Crippen molar-refractivity contribution in [2.75, 3.05) is 0 Å². The van der Waals surface area contributed by atoms with Crippen LogP contribution in [-0.2, 0) is 4.79 Å². The van der Waals surface area contributed by atoms with Crippen molar-refractivity contribution >= 4 is 5.97 Å². The third-order valence-electron chi connectivity index (χ3n) is 9.68. The molecule has 4 heteroatoms. The van der Waals surface area contributed by atoms with Gasteiger partial charge in [-0.1, -0.05) is 84.5 Å². The van der Waals surface area contributed by atoms with Gasteiger partial charge in [0.2, 0.25) is 0 Å². The number of ether oxygens (including phenoxy) is 1. The van der Waals surface area contributed by atoms with Gasteiger partial charge >= 0.3 is 5.97 Å². The van der Waals surface area contributed by atoms with Crippen LogP contribution in [-0.4, -0.2) is 15.9 Å². The van der Waals surface area contributed by atoms with Crippen LogP contribution in [0.4, 0.5) is 0 Å². The molecular formula is C36H54N2O2. The molecule has 220 valence electrons. The molecule has 0 spiro atoms. The van der Waals surface area contributed by atoms with Crippen LogP contribution < -0.4 is 4.74 Å². The van der Waals surface area contributed by atoms with Crippen molar-refractivity contribution in [3.8, 4) is 17.1 Å². The third kappa shape index (κ3) is 9.70. The molecule has 0 bridgehead atoms. The van der Waals surface area contributed by atoms with Crippen LogP contribution in [0.2, 0.25) is 0 Å². The zero-order valence-electron chi connectivity index (χ0n) is 25.4. The van der Waals surface area contributed by atoms with Gasteiger partial charge in [-0.25, -0.2) is 9.97 Å². The molecule has 1 aromatic carbocycles. The van der Waals surface area contributed by atoms with E-state index in [-0.39, 0.29) is 11.9 Å². The number of rotatable bonds is 15. The van der Waals surface area contributed by atoms with Crippen molar-refractivity contribution in [1.29, 1.82) is 0 Å². The van der Waals surface area contributed by atoms with Crippen LogP contribution in [0.5, 0.6) is 5.75 Å². The Balaban J connectivity index is 1.17. The highest BCUT2D eigenvalue weighted by molar-refractivity contribution is 5.75. The van der Waals surface area contributed by atoms with Gasteiger partial charge in [0.1, 0.15) is 5.75 Å². The minimum atomic E-state index is -0.0675. The molecule has 2 aliphatic carbocycles. The molecular weight excluding hydrogens is 492 g/mol. The average molecular weight is 547 g/mol. The topological polar surface area (TPSA) is 52.1 Å². The Morgan fingerprint density at radius 1 is 0.700 bits per heavy atom. The minimum Gasteiger partial charge on any atom is -0.426 e. The molecule has 2 aliphatic rings. The fraction of sp³-hybridized carbons (Fsp3) is 0.694. The summed E-state index contributed by atoms with van der Waals surface area (Å²) in [6, 6.07) is 7.70. The van der Waals surface area contributed by atoms with Gasteiger partial charge in [0, 0.05) is 18.0 Å². The zero-order chi connectivity index (χ0) is 28.0. The summed E-state index contributed by atoms with van der Waals surface area (Å²) < 4.78 is 5.75. The summed E-state index contributed by atoms with van der Waals surface area (Å²) in [4.78, 5) is 22.2. The van der Waals surface area contributed by atoms with Crippen LogP contribution >= 0.6 is 0 Å². The standard InChI is InChI=1S/C36H54N2O2/c1-3-5-7-8-9-11-13-29-14-18-30(19-15-29)33-26-37-35(38-27-33)31-22-24-34(25-23-31)40-36(39)32-20-16-28(17-21-32)12-10-6-4-2/h22-30,32H,3-21H2,1-2H3/t28?,29-,30-,32?. The van der Waals surface area contributed by atoms with E-state index in [2.05, 4.69) is 13.8 Å². The highest BCUT2D eigenvalue weighted by atomic mass is 16.5. The Labute approximate surface area is 244 Å². The lowest BCUT2D eigenvalue weighted by molar-refractivity contribution is -0.140. The molecule has 0 radical (unpaired) electrons. The number of nitrogens with zero attached hydrogens (tertiary/aromatic N) is 2. The fourth-order valence-corrected chi connectivity index (χ4v) is 6.94. The van der Waals surface area contributed by atoms with Crippen molar-refractivity contribution in [3.63, 3.8) is 0 Å². The van der Waals surface area contributed by atoms with Crippen molar-refractivity contribution < 1.29 is 9.53 Å². The molecule has 1 heterocycles. The van der Waals surface area contributed by atoms with E-state index in [9.17, 15) is 4.79 Å². The number of carbonyl (C=O) groups excluding carboxylic acids is 1. The van der Waals surface area contributed by atoms with Gasteiger partial charge in [-0.3, -0.25) is 4.79 Å². The second kappa shape index (κ2) is 16.9. The summed E-state index contributed by atoms with van der Waals surface area (Å²) in [5.41, 5.74) is 2.24. The summed E-state index contributed by atoms with van der Waals surface area (Å²) in [7, 11) is 0. The number of esters is 1. The van der Waals surface area contributed by atoms with Crippen LogP contribution in [0, 0.1) is 17.8 Å². The first-order valence-corrected chi connectivity index (χ1v) is 16.8.